The van der Waals surface area contributed by atoms with Crippen molar-refractivity contribution in [1.29, 1.82) is 0 Å². The van der Waals surface area contributed by atoms with E-state index < -0.39 is 0 Å². The Balaban J connectivity index is 1.46. The first kappa shape index (κ1) is 18.2. The smallest absolute Gasteiger partial charge is 0.229 e. The van der Waals surface area contributed by atoms with Gasteiger partial charge < -0.3 is 14.7 Å². The van der Waals surface area contributed by atoms with Gasteiger partial charge in [0.15, 0.2) is 0 Å². The molecule has 0 saturated carbocycles. The zero-order valence-corrected chi connectivity index (χ0v) is 16.3. The standard InChI is InChI=1S/C20H37N3O/c1-16(2)22-10-5-18(6-11-22)15-21-12-7-20(8-13-21)9-14-23(17(3)4)19(20)24/h16-18H,5-15H2,1-4H3. The molecule has 3 aliphatic heterocycles. The van der Waals surface area contributed by atoms with Gasteiger partial charge in [-0.05, 0) is 91.9 Å². The van der Waals surface area contributed by atoms with Crippen molar-refractivity contribution in [2.45, 2.75) is 71.9 Å². The van der Waals surface area contributed by atoms with Crippen molar-refractivity contribution in [1.82, 2.24) is 14.7 Å². The van der Waals surface area contributed by atoms with E-state index in [4.69, 9.17) is 0 Å². The Morgan fingerprint density at radius 2 is 1.50 bits per heavy atom. The fourth-order valence-corrected chi connectivity index (χ4v) is 4.98. The SMILES string of the molecule is CC(C)N1CCC(CN2CCC3(CC2)CCN(C(C)C)C3=O)CC1. The number of nitrogens with zero attached hydrogens (tertiary/aromatic N) is 3. The number of likely N-dealkylation sites (tertiary alicyclic amines) is 3. The Hall–Kier alpha value is -0.610. The predicted octanol–water partition coefficient (Wildman–Crippen LogP) is 2.83. The van der Waals surface area contributed by atoms with Crippen LogP contribution >= 0.6 is 0 Å². The fraction of sp³-hybridized carbons (Fsp3) is 0.950. The van der Waals surface area contributed by atoms with Crippen LogP contribution in [0.15, 0.2) is 0 Å². The minimum atomic E-state index is -0.0121. The number of carbonyl (C=O) groups is 1. The fourth-order valence-electron chi connectivity index (χ4n) is 4.98. The van der Waals surface area contributed by atoms with E-state index in [-0.39, 0.29) is 5.41 Å². The van der Waals surface area contributed by atoms with Crippen LogP contribution < -0.4 is 0 Å². The summed E-state index contributed by atoms with van der Waals surface area (Å²) in [5, 5.41) is 0. The van der Waals surface area contributed by atoms with Gasteiger partial charge in [0.2, 0.25) is 5.91 Å². The van der Waals surface area contributed by atoms with E-state index in [1.54, 1.807) is 0 Å². The molecule has 0 unspecified atom stereocenters. The molecule has 0 radical (unpaired) electrons. The van der Waals surface area contributed by atoms with E-state index in [1.807, 2.05) is 0 Å². The first-order valence-electron chi connectivity index (χ1n) is 10.2. The maximum absolute atomic E-state index is 12.8. The molecule has 3 saturated heterocycles. The number of amides is 1. The quantitative estimate of drug-likeness (QED) is 0.790. The topological polar surface area (TPSA) is 26.8 Å². The van der Waals surface area contributed by atoms with Crippen molar-refractivity contribution in [3.63, 3.8) is 0 Å². The van der Waals surface area contributed by atoms with Crippen LogP contribution in [0.3, 0.4) is 0 Å². The third kappa shape index (κ3) is 3.65. The lowest BCUT2D eigenvalue weighted by Gasteiger charge is -2.41. The van der Waals surface area contributed by atoms with Crippen molar-refractivity contribution in [2.24, 2.45) is 11.3 Å². The number of hydrogen-bond acceptors (Lipinski definition) is 3. The number of rotatable bonds is 4. The van der Waals surface area contributed by atoms with Crippen LogP contribution in [0, 0.1) is 11.3 Å². The summed E-state index contributed by atoms with van der Waals surface area (Å²) in [5.74, 6) is 1.31. The number of piperidine rings is 2. The summed E-state index contributed by atoms with van der Waals surface area (Å²) in [6, 6.07) is 1.05. The molecule has 3 aliphatic rings. The van der Waals surface area contributed by atoms with Gasteiger partial charge in [-0.2, -0.15) is 0 Å². The summed E-state index contributed by atoms with van der Waals surface area (Å²) < 4.78 is 0. The first-order chi connectivity index (χ1) is 11.4. The molecule has 1 spiro atoms. The molecule has 4 nitrogen and oxygen atoms in total. The van der Waals surface area contributed by atoms with Gasteiger partial charge in [0.05, 0.1) is 5.41 Å². The van der Waals surface area contributed by atoms with Crippen molar-refractivity contribution < 1.29 is 4.79 Å². The second-order valence-corrected chi connectivity index (χ2v) is 9.00. The highest BCUT2D eigenvalue weighted by Gasteiger charge is 2.48. The van der Waals surface area contributed by atoms with Crippen LogP contribution in [0.4, 0.5) is 0 Å². The Morgan fingerprint density at radius 1 is 0.917 bits per heavy atom. The molecule has 0 aromatic rings. The maximum Gasteiger partial charge on any atom is 0.229 e. The second-order valence-electron chi connectivity index (χ2n) is 9.00. The van der Waals surface area contributed by atoms with E-state index in [9.17, 15) is 4.79 Å². The van der Waals surface area contributed by atoms with Crippen molar-refractivity contribution in [3.8, 4) is 0 Å². The third-order valence-electron chi connectivity index (χ3n) is 6.88. The molecule has 4 heteroatoms. The van der Waals surface area contributed by atoms with Crippen LogP contribution in [0.5, 0.6) is 0 Å². The second kappa shape index (κ2) is 7.33. The molecule has 3 rings (SSSR count). The molecule has 3 heterocycles. The Bertz CT molecular complexity index is 432. The predicted molar refractivity (Wildman–Crippen MR) is 99.0 cm³/mol. The summed E-state index contributed by atoms with van der Waals surface area (Å²) in [5.41, 5.74) is -0.0121. The minimum absolute atomic E-state index is 0.0121. The molecule has 0 atom stereocenters. The lowest BCUT2D eigenvalue weighted by molar-refractivity contribution is -0.139. The van der Waals surface area contributed by atoms with Crippen LogP contribution in [0.1, 0.15) is 59.8 Å². The average molecular weight is 336 g/mol. The highest BCUT2D eigenvalue weighted by Crippen LogP contribution is 2.42. The van der Waals surface area contributed by atoms with Gasteiger partial charge in [-0.15, -0.1) is 0 Å². The molecule has 0 bridgehead atoms. The minimum Gasteiger partial charge on any atom is -0.340 e. The van der Waals surface area contributed by atoms with Gasteiger partial charge in [-0.3, -0.25) is 4.79 Å². The van der Waals surface area contributed by atoms with Gasteiger partial charge in [-0.1, -0.05) is 0 Å². The number of hydrogen-bond donors (Lipinski definition) is 0. The maximum atomic E-state index is 12.8. The van der Waals surface area contributed by atoms with Crippen LogP contribution in [0.25, 0.3) is 0 Å². The number of carbonyl (C=O) groups excluding carboxylic acids is 1. The summed E-state index contributed by atoms with van der Waals surface area (Å²) in [4.78, 5) is 20.2. The van der Waals surface area contributed by atoms with E-state index in [0.29, 0.717) is 18.0 Å². The van der Waals surface area contributed by atoms with Crippen LogP contribution in [-0.4, -0.2) is 72.0 Å². The Kier molecular flexibility index (Phi) is 5.55. The largest absolute Gasteiger partial charge is 0.340 e. The Labute approximate surface area is 148 Å². The summed E-state index contributed by atoms with van der Waals surface area (Å²) >= 11 is 0. The van der Waals surface area contributed by atoms with E-state index in [2.05, 4.69) is 42.4 Å². The summed E-state index contributed by atoms with van der Waals surface area (Å²) in [6.07, 6.45) is 5.95. The molecule has 0 aliphatic carbocycles. The van der Waals surface area contributed by atoms with E-state index in [1.165, 1.54) is 32.5 Å². The molecular weight excluding hydrogens is 298 g/mol. The van der Waals surface area contributed by atoms with Gasteiger partial charge in [0.25, 0.3) is 0 Å². The van der Waals surface area contributed by atoms with Gasteiger partial charge in [0, 0.05) is 25.2 Å². The van der Waals surface area contributed by atoms with Crippen molar-refractivity contribution >= 4 is 5.91 Å². The van der Waals surface area contributed by atoms with Crippen molar-refractivity contribution in [3.05, 3.63) is 0 Å². The molecule has 0 aromatic heterocycles. The molecule has 3 fully saturated rings. The highest BCUT2D eigenvalue weighted by atomic mass is 16.2. The summed E-state index contributed by atoms with van der Waals surface area (Å²) in [7, 11) is 0. The zero-order chi connectivity index (χ0) is 17.3. The lowest BCUT2D eigenvalue weighted by atomic mass is 9.76. The molecule has 138 valence electrons. The molecule has 0 aromatic carbocycles. The van der Waals surface area contributed by atoms with Gasteiger partial charge in [0.1, 0.15) is 0 Å². The van der Waals surface area contributed by atoms with Crippen LogP contribution in [0.2, 0.25) is 0 Å². The first-order valence-corrected chi connectivity index (χ1v) is 10.2. The molecular formula is C20H37N3O. The van der Waals surface area contributed by atoms with Crippen molar-refractivity contribution in [2.75, 3.05) is 39.3 Å². The van der Waals surface area contributed by atoms with E-state index >= 15 is 0 Å². The third-order valence-corrected chi connectivity index (χ3v) is 6.88. The van der Waals surface area contributed by atoms with Gasteiger partial charge >= 0.3 is 0 Å². The average Bonchev–Trinajstić information content (AvgIpc) is 2.87. The van der Waals surface area contributed by atoms with Crippen LogP contribution in [-0.2, 0) is 4.79 Å². The normalized spacial score (nSPS) is 27.1. The Morgan fingerprint density at radius 3 is 2.00 bits per heavy atom. The van der Waals surface area contributed by atoms with E-state index in [0.717, 1.165) is 44.8 Å². The molecule has 1 amide bonds. The highest BCUT2D eigenvalue weighted by molar-refractivity contribution is 5.85. The zero-order valence-electron chi connectivity index (χ0n) is 16.3. The van der Waals surface area contributed by atoms with Gasteiger partial charge in [-0.25, -0.2) is 0 Å². The lowest BCUT2D eigenvalue weighted by Crippen LogP contribution is -2.48. The summed E-state index contributed by atoms with van der Waals surface area (Å²) in [6.45, 7) is 15.9. The molecule has 0 N–H and O–H groups in total. The molecule has 24 heavy (non-hydrogen) atoms. The monoisotopic (exact) mass is 335 g/mol.